The number of aromatic hydroxyl groups is 1. The van der Waals surface area contributed by atoms with Crippen LogP contribution in [0.5, 0.6) is 5.75 Å². The van der Waals surface area contributed by atoms with E-state index in [-0.39, 0.29) is 11.7 Å². The number of phenols is 1. The number of hydrogen-bond acceptors (Lipinski definition) is 2. The van der Waals surface area contributed by atoms with Crippen molar-refractivity contribution in [2.75, 3.05) is 13.6 Å². The molecule has 1 aromatic rings. The number of phenolic OH excluding ortho intramolecular Hbond substituents is 1. The Labute approximate surface area is 95.7 Å². The van der Waals surface area contributed by atoms with Gasteiger partial charge in [-0.05, 0) is 37.8 Å². The lowest BCUT2D eigenvalue weighted by Crippen LogP contribution is -2.28. The molecule has 1 fully saturated rings. The highest BCUT2D eigenvalue weighted by Crippen LogP contribution is 2.30. The molecule has 3 nitrogen and oxygen atoms in total. The largest absolute Gasteiger partial charge is 0.507 e. The highest BCUT2D eigenvalue weighted by molar-refractivity contribution is 5.96. The monoisotopic (exact) mass is 219 g/mol. The molecule has 0 atom stereocenters. The third kappa shape index (κ3) is 2.35. The topological polar surface area (TPSA) is 40.5 Å². The molecule has 0 radical (unpaired) electrons. The molecule has 1 saturated carbocycles. The molecule has 0 heterocycles. The predicted octanol–water partition coefficient (Wildman–Crippen LogP) is 2.18. The first kappa shape index (κ1) is 11.0. The highest BCUT2D eigenvalue weighted by atomic mass is 16.3. The van der Waals surface area contributed by atoms with E-state index in [0.29, 0.717) is 11.5 Å². The summed E-state index contributed by atoms with van der Waals surface area (Å²) < 4.78 is 0. The van der Waals surface area contributed by atoms with Crippen molar-refractivity contribution in [2.24, 2.45) is 5.92 Å². The number of aryl methyl sites for hydroxylation is 1. The van der Waals surface area contributed by atoms with Crippen LogP contribution in [0, 0.1) is 12.8 Å². The summed E-state index contributed by atoms with van der Waals surface area (Å²) >= 11 is 0. The minimum atomic E-state index is -0.0897. The molecule has 1 aliphatic rings. The van der Waals surface area contributed by atoms with Gasteiger partial charge in [-0.1, -0.05) is 11.6 Å². The number of carbonyl (C=O) groups is 1. The number of rotatable bonds is 3. The number of carbonyl (C=O) groups excluding carboxylic acids is 1. The summed E-state index contributed by atoms with van der Waals surface area (Å²) in [6, 6.07) is 5.11. The Morgan fingerprint density at radius 1 is 1.50 bits per heavy atom. The minimum Gasteiger partial charge on any atom is -0.507 e. The molecule has 1 amide bonds. The van der Waals surface area contributed by atoms with Gasteiger partial charge >= 0.3 is 0 Å². The Morgan fingerprint density at radius 3 is 2.81 bits per heavy atom. The lowest BCUT2D eigenvalue weighted by Gasteiger charge is -2.17. The van der Waals surface area contributed by atoms with Gasteiger partial charge in [-0.2, -0.15) is 0 Å². The lowest BCUT2D eigenvalue weighted by molar-refractivity contribution is 0.0785. The van der Waals surface area contributed by atoms with Crippen LogP contribution < -0.4 is 0 Å². The van der Waals surface area contributed by atoms with E-state index in [1.807, 2.05) is 6.92 Å². The molecule has 0 aromatic heterocycles. The Hall–Kier alpha value is -1.51. The molecule has 0 saturated heterocycles. The smallest absolute Gasteiger partial charge is 0.257 e. The van der Waals surface area contributed by atoms with Crippen LogP contribution in [0.15, 0.2) is 18.2 Å². The Balaban J connectivity index is 2.14. The zero-order chi connectivity index (χ0) is 11.7. The third-order valence-electron chi connectivity index (χ3n) is 2.96. The number of hydrogen-bond donors (Lipinski definition) is 1. The van der Waals surface area contributed by atoms with Crippen LogP contribution >= 0.6 is 0 Å². The van der Waals surface area contributed by atoms with Crippen molar-refractivity contribution in [1.82, 2.24) is 4.90 Å². The number of amides is 1. The first-order valence-corrected chi connectivity index (χ1v) is 5.63. The fraction of sp³-hybridized carbons (Fsp3) is 0.462. The van der Waals surface area contributed by atoms with Crippen molar-refractivity contribution < 1.29 is 9.90 Å². The second-order valence-corrected chi connectivity index (χ2v) is 4.65. The third-order valence-corrected chi connectivity index (χ3v) is 2.96. The van der Waals surface area contributed by atoms with E-state index in [2.05, 4.69) is 0 Å². The number of nitrogens with zero attached hydrogens (tertiary/aromatic N) is 1. The summed E-state index contributed by atoms with van der Waals surface area (Å²) in [7, 11) is 1.79. The Kier molecular flexibility index (Phi) is 2.86. The van der Waals surface area contributed by atoms with Crippen molar-refractivity contribution in [3.8, 4) is 5.75 Å². The summed E-state index contributed by atoms with van der Waals surface area (Å²) in [6.45, 7) is 2.71. The van der Waals surface area contributed by atoms with E-state index in [4.69, 9.17) is 0 Å². The average Bonchev–Trinajstić information content (AvgIpc) is 3.04. The van der Waals surface area contributed by atoms with Crippen molar-refractivity contribution in [1.29, 1.82) is 0 Å². The molecular weight excluding hydrogens is 202 g/mol. The van der Waals surface area contributed by atoms with E-state index in [9.17, 15) is 9.90 Å². The van der Waals surface area contributed by atoms with E-state index >= 15 is 0 Å². The Bertz CT molecular complexity index is 410. The van der Waals surface area contributed by atoms with Crippen molar-refractivity contribution in [3.63, 3.8) is 0 Å². The van der Waals surface area contributed by atoms with Gasteiger partial charge in [0, 0.05) is 13.6 Å². The van der Waals surface area contributed by atoms with E-state index in [0.717, 1.165) is 12.1 Å². The van der Waals surface area contributed by atoms with Crippen LogP contribution in [0.2, 0.25) is 0 Å². The summed E-state index contributed by atoms with van der Waals surface area (Å²) in [6.07, 6.45) is 2.44. The van der Waals surface area contributed by atoms with E-state index in [1.165, 1.54) is 12.8 Å². The molecule has 1 aliphatic carbocycles. The maximum absolute atomic E-state index is 12.0. The van der Waals surface area contributed by atoms with Crippen LogP contribution in [0.1, 0.15) is 28.8 Å². The SMILES string of the molecule is Cc1ccc(O)c(C(=O)N(C)CC2CC2)c1. The van der Waals surface area contributed by atoms with Crippen molar-refractivity contribution in [2.45, 2.75) is 19.8 Å². The highest BCUT2D eigenvalue weighted by Gasteiger charge is 2.26. The molecule has 2 rings (SSSR count). The lowest BCUT2D eigenvalue weighted by atomic mass is 10.1. The van der Waals surface area contributed by atoms with E-state index in [1.54, 1.807) is 30.1 Å². The molecule has 0 aliphatic heterocycles. The van der Waals surface area contributed by atoms with Crippen molar-refractivity contribution in [3.05, 3.63) is 29.3 Å². The van der Waals surface area contributed by atoms with Gasteiger partial charge in [0.1, 0.15) is 5.75 Å². The fourth-order valence-corrected chi connectivity index (χ4v) is 1.80. The van der Waals surface area contributed by atoms with Gasteiger partial charge in [-0.15, -0.1) is 0 Å². The van der Waals surface area contributed by atoms with Crippen molar-refractivity contribution >= 4 is 5.91 Å². The van der Waals surface area contributed by atoms with Crippen LogP contribution in [-0.2, 0) is 0 Å². The van der Waals surface area contributed by atoms with Gasteiger partial charge in [-0.3, -0.25) is 4.79 Å². The van der Waals surface area contributed by atoms with Crippen LogP contribution in [0.4, 0.5) is 0 Å². The van der Waals surface area contributed by atoms with Crippen LogP contribution in [-0.4, -0.2) is 29.5 Å². The van der Waals surface area contributed by atoms with Gasteiger partial charge < -0.3 is 10.0 Å². The quantitative estimate of drug-likeness (QED) is 0.846. The summed E-state index contributed by atoms with van der Waals surface area (Å²) in [5.41, 5.74) is 1.39. The normalized spacial score (nSPS) is 14.9. The van der Waals surface area contributed by atoms with Gasteiger partial charge in [-0.25, -0.2) is 0 Å². The maximum atomic E-state index is 12.0. The Morgan fingerprint density at radius 2 is 2.19 bits per heavy atom. The van der Waals surface area contributed by atoms with E-state index < -0.39 is 0 Å². The second kappa shape index (κ2) is 4.16. The predicted molar refractivity (Wildman–Crippen MR) is 62.5 cm³/mol. The minimum absolute atomic E-state index is 0.0678. The van der Waals surface area contributed by atoms with Gasteiger partial charge in [0.25, 0.3) is 5.91 Å². The standard InChI is InChI=1S/C13H17NO2/c1-9-3-6-12(15)11(7-9)13(16)14(2)8-10-4-5-10/h3,6-7,10,15H,4-5,8H2,1-2H3. The zero-order valence-electron chi connectivity index (χ0n) is 9.73. The second-order valence-electron chi connectivity index (χ2n) is 4.65. The summed E-state index contributed by atoms with van der Waals surface area (Å²) in [5, 5.41) is 9.66. The molecule has 0 spiro atoms. The summed E-state index contributed by atoms with van der Waals surface area (Å²) in [4.78, 5) is 13.7. The first-order chi connectivity index (χ1) is 7.58. The summed E-state index contributed by atoms with van der Waals surface area (Å²) in [5.74, 6) is 0.646. The molecule has 0 bridgehead atoms. The van der Waals surface area contributed by atoms with Gasteiger partial charge in [0.15, 0.2) is 0 Å². The molecule has 0 unspecified atom stereocenters. The molecule has 1 aromatic carbocycles. The average molecular weight is 219 g/mol. The molecule has 16 heavy (non-hydrogen) atoms. The number of benzene rings is 1. The van der Waals surface area contributed by atoms with Gasteiger partial charge in [0.05, 0.1) is 5.56 Å². The van der Waals surface area contributed by atoms with Crippen LogP contribution in [0.3, 0.4) is 0 Å². The zero-order valence-corrected chi connectivity index (χ0v) is 9.73. The first-order valence-electron chi connectivity index (χ1n) is 5.63. The maximum Gasteiger partial charge on any atom is 0.257 e. The van der Waals surface area contributed by atoms with Crippen LogP contribution in [0.25, 0.3) is 0 Å². The molecular formula is C13H17NO2. The fourth-order valence-electron chi connectivity index (χ4n) is 1.80. The molecule has 86 valence electrons. The molecule has 3 heteroatoms. The van der Waals surface area contributed by atoms with Gasteiger partial charge in [0.2, 0.25) is 0 Å². The molecule has 1 N–H and O–H groups in total.